The SMILES string of the molecule is N=C(N)CCCOCCOCCN=C(N)N. The zero-order chi connectivity index (χ0) is 12.2. The van der Waals surface area contributed by atoms with Gasteiger partial charge in [-0.2, -0.15) is 0 Å². The van der Waals surface area contributed by atoms with E-state index in [1.165, 1.54) is 0 Å². The van der Waals surface area contributed by atoms with E-state index < -0.39 is 0 Å². The van der Waals surface area contributed by atoms with Crippen LogP contribution in [0, 0.1) is 5.41 Å². The van der Waals surface area contributed by atoms with Gasteiger partial charge in [0.2, 0.25) is 0 Å². The highest BCUT2D eigenvalue weighted by Crippen LogP contribution is 1.89. The molecule has 0 aliphatic heterocycles. The number of nitrogens with one attached hydrogen (secondary N) is 1. The van der Waals surface area contributed by atoms with Crippen LogP contribution in [0.25, 0.3) is 0 Å². The van der Waals surface area contributed by atoms with E-state index in [0.29, 0.717) is 39.4 Å². The van der Waals surface area contributed by atoms with Gasteiger partial charge in [-0.1, -0.05) is 0 Å². The lowest BCUT2D eigenvalue weighted by Gasteiger charge is -2.04. The molecule has 0 fully saturated rings. The largest absolute Gasteiger partial charge is 0.388 e. The minimum Gasteiger partial charge on any atom is -0.388 e. The summed E-state index contributed by atoms with van der Waals surface area (Å²) in [6.45, 7) is 2.58. The maximum Gasteiger partial charge on any atom is 0.185 e. The van der Waals surface area contributed by atoms with Crippen LogP contribution in [-0.2, 0) is 9.47 Å². The molecule has 94 valence electrons. The lowest BCUT2D eigenvalue weighted by atomic mass is 10.3. The molecule has 7 N–H and O–H groups in total. The molecule has 0 spiro atoms. The fraction of sp³-hybridized carbons (Fsp3) is 0.778. The molecule has 0 aromatic heterocycles. The molecule has 0 aromatic rings. The summed E-state index contributed by atoms with van der Waals surface area (Å²) in [4.78, 5) is 3.76. The maximum atomic E-state index is 6.99. The van der Waals surface area contributed by atoms with Crippen LogP contribution >= 0.6 is 0 Å². The molecule has 0 unspecified atom stereocenters. The standard InChI is InChI=1S/C9H21N5O2/c10-8(11)2-1-4-15-6-7-16-5-3-14-9(12)13/h1-7H2,(H3,10,11)(H4,12,13,14). The summed E-state index contributed by atoms with van der Waals surface area (Å²) in [6, 6.07) is 0. The minimum absolute atomic E-state index is 0.0732. The van der Waals surface area contributed by atoms with E-state index >= 15 is 0 Å². The number of hydrogen-bond acceptors (Lipinski definition) is 4. The number of aliphatic imine (C=N–C) groups is 1. The molecule has 0 saturated heterocycles. The third-order valence-corrected chi connectivity index (χ3v) is 1.64. The Morgan fingerprint density at radius 3 is 2.19 bits per heavy atom. The first-order valence-corrected chi connectivity index (χ1v) is 5.16. The summed E-state index contributed by atoms with van der Waals surface area (Å²) >= 11 is 0. The number of hydrogen-bond donors (Lipinski definition) is 4. The van der Waals surface area contributed by atoms with Crippen molar-refractivity contribution < 1.29 is 9.47 Å². The number of rotatable bonds is 10. The number of amidine groups is 1. The molecule has 7 nitrogen and oxygen atoms in total. The third-order valence-electron chi connectivity index (χ3n) is 1.64. The average Bonchev–Trinajstić information content (AvgIpc) is 2.20. The van der Waals surface area contributed by atoms with Crippen molar-refractivity contribution in [1.82, 2.24) is 0 Å². The van der Waals surface area contributed by atoms with Gasteiger partial charge in [-0.05, 0) is 6.42 Å². The van der Waals surface area contributed by atoms with Crippen LogP contribution in [0.1, 0.15) is 12.8 Å². The van der Waals surface area contributed by atoms with Crippen molar-refractivity contribution in [2.24, 2.45) is 22.2 Å². The Balaban J connectivity index is 3.04. The van der Waals surface area contributed by atoms with Crippen LogP contribution in [0.2, 0.25) is 0 Å². The summed E-state index contributed by atoms with van der Waals surface area (Å²) in [6.07, 6.45) is 1.34. The van der Waals surface area contributed by atoms with Crippen LogP contribution < -0.4 is 17.2 Å². The molecule has 0 saturated carbocycles. The lowest BCUT2D eigenvalue weighted by Crippen LogP contribution is -2.23. The van der Waals surface area contributed by atoms with E-state index in [1.807, 2.05) is 0 Å². The molecule has 0 aromatic carbocycles. The van der Waals surface area contributed by atoms with Gasteiger partial charge in [-0.3, -0.25) is 10.4 Å². The number of nitrogens with zero attached hydrogens (tertiary/aromatic N) is 1. The van der Waals surface area contributed by atoms with Gasteiger partial charge in [0.1, 0.15) is 0 Å². The van der Waals surface area contributed by atoms with Gasteiger partial charge in [0.05, 0.1) is 32.2 Å². The first-order chi connectivity index (χ1) is 7.63. The summed E-state index contributed by atoms with van der Waals surface area (Å²) < 4.78 is 10.5. The minimum atomic E-state index is 0.0732. The van der Waals surface area contributed by atoms with Crippen molar-refractivity contribution in [2.75, 3.05) is 33.0 Å². The second-order valence-electron chi connectivity index (χ2n) is 3.16. The Bertz CT molecular complexity index is 216. The van der Waals surface area contributed by atoms with Gasteiger partial charge in [0.15, 0.2) is 5.96 Å². The molecule has 0 aliphatic rings. The Morgan fingerprint density at radius 1 is 1.00 bits per heavy atom. The van der Waals surface area contributed by atoms with Crippen LogP contribution in [0.3, 0.4) is 0 Å². The molecule has 0 radical (unpaired) electrons. The van der Waals surface area contributed by atoms with Crippen molar-refractivity contribution in [3.8, 4) is 0 Å². The molecule has 7 heteroatoms. The molecule has 0 aliphatic carbocycles. The van der Waals surface area contributed by atoms with Crippen molar-refractivity contribution >= 4 is 11.8 Å². The van der Waals surface area contributed by atoms with Crippen molar-refractivity contribution in [3.63, 3.8) is 0 Å². The number of ether oxygens (including phenoxy) is 2. The monoisotopic (exact) mass is 231 g/mol. The Morgan fingerprint density at radius 2 is 1.62 bits per heavy atom. The normalized spacial score (nSPS) is 10.0. The average molecular weight is 231 g/mol. The van der Waals surface area contributed by atoms with Crippen molar-refractivity contribution in [2.45, 2.75) is 12.8 Å². The zero-order valence-corrected chi connectivity index (χ0v) is 9.45. The van der Waals surface area contributed by atoms with E-state index in [9.17, 15) is 0 Å². The summed E-state index contributed by atoms with van der Waals surface area (Å²) in [5.74, 6) is 0.265. The number of guanidine groups is 1. The fourth-order valence-electron chi connectivity index (χ4n) is 0.926. The zero-order valence-electron chi connectivity index (χ0n) is 9.45. The van der Waals surface area contributed by atoms with Crippen LogP contribution in [0.5, 0.6) is 0 Å². The van der Waals surface area contributed by atoms with Gasteiger partial charge in [0.25, 0.3) is 0 Å². The van der Waals surface area contributed by atoms with Gasteiger partial charge >= 0.3 is 0 Å². The molecule has 0 heterocycles. The summed E-state index contributed by atoms with van der Waals surface area (Å²) in [5.41, 5.74) is 15.4. The van der Waals surface area contributed by atoms with Gasteiger partial charge in [0, 0.05) is 13.0 Å². The van der Waals surface area contributed by atoms with Gasteiger partial charge < -0.3 is 26.7 Å². The smallest absolute Gasteiger partial charge is 0.185 e. The van der Waals surface area contributed by atoms with E-state index in [2.05, 4.69) is 4.99 Å². The molecular formula is C9H21N5O2. The van der Waals surface area contributed by atoms with E-state index in [1.54, 1.807) is 0 Å². The third kappa shape index (κ3) is 12.7. The highest BCUT2D eigenvalue weighted by atomic mass is 16.5. The van der Waals surface area contributed by atoms with Gasteiger partial charge in [-0.15, -0.1) is 0 Å². The Hall–Kier alpha value is -1.34. The highest BCUT2D eigenvalue weighted by Gasteiger charge is 1.92. The molecule has 0 bridgehead atoms. The molecule has 0 atom stereocenters. The predicted octanol–water partition coefficient (Wildman–Crippen LogP) is -0.991. The predicted molar refractivity (Wildman–Crippen MR) is 63.5 cm³/mol. The van der Waals surface area contributed by atoms with Crippen molar-refractivity contribution in [3.05, 3.63) is 0 Å². The van der Waals surface area contributed by atoms with Crippen LogP contribution in [0.15, 0.2) is 4.99 Å². The van der Waals surface area contributed by atoms with Crippen LogP contribution in [-0.4, -0.2) is 44.8 Å². The Labute approximate surface area is 95.5 Å². The van der Waals surface area contributed by atoms with E-state index in [-0.39, 0.29) is 11.8 Å². The van der Waals surface area contributed by atoms with E-state index in [0.717, 1.165) is 6.42 Å². The fourth-order valence-corrected chi connectivity index (χ4v) is 0.926. The summed E-state index contributed by atoms with van der Waals surface area (Å²) in [5, 5.41) is 6.99. The molecule has 16 heavy (non-hydrogen) atoms. The summed E-state index contributed by atoms with van der Waals surface area (Å²) in [7, 11) is 0. The lowest BCUT2D eigenvalue weighted by molar-refractivity contribution is 0.0504. The quantitative estimate of drug-likeness (QED) is 0.218. The first kappa shape index (κ1) is 14.7. The molecule has 0 rings (SSSR count). The maximum absolute atomic E-state index is 6.99. The highest BCUT2D eigenvalue weighted by molar-refractivity contribution is 5.76. The Kier molecular flexibility index (Phi) is 9.33. The molecule has 0 amide bonds. The van der Waals surface area contributed by atoms with Crippen molar-refractivity contribution in [1.29, 1.82) is 5.41 Å². The van der Waals surface area contributed by atoms with E-state index in [4.69, 9.17) is 32.1 Å². The second-order valence-corrected chi connectivity index (χ2v) is 3.16. The molecular weight excluding hydrogens is 210 g/mol. The second kappa shape index (κ2) is 10.2. The first-order valence-electron chi connectivity index (χ1n) is 5.16. The number of nitrogens with two attached hydrogens (primary N) is 3. The topological polar surface area (TPSA) is 133 Å². The van der Waals surface area contributed by atoms with Crippen LogP contribution in [0.4, 0.5) is 0 Å². The van der Waals surface area contributed by atoms with Gasteiger partial charge in [-0.25, -0.2) is 0 Å².